The monoisotopic (exact) mass is 331 g/mol. The van der Waals surface area contributed by atoms with E-state index in [1.807, 2.05) is 0 Å². The second-order valence-electron chi connectivity index (χ2n) is 5.07. The van der Waals surface area contributed by atoms with Gasteiger partial charge in [0.15, 0.2) is 0 Å². The summed E-state index contributed by atoms with van der Waals surface area (Å²) in [7, 11) is 0. The highest BCUT2D eigenvalue weighted by Crippen LogP contribution is 2.27. The minimum absolute atomic E-state index is 0.00408. The Bertz CT molecular complexity index is 492. The summed E-state index contributed by atoms with van der Waals surface area (Å²) >= 11 is 11.7. The number of carbonyl (C=O) groups is 1. The van der Waals surface area contributed by atoms with Crippen molar-refractivity contribution >= 4 is 29.1 Å². The Hall–Kier alpha value is -0.970. The molecule has 0 aromatic heterocycles. The SMILES string of the molecule is O=C(CCOc1ccc(Cl)c(Cl)c1)N(CCO)C1CCC1. The first kappa shape index (κ1) is 16.4. The van der Waals surface area contributed by atoms with Crippen LogP contribution in [-0.4, -0.2) is 41.7 Å². The fourth-order valence-electron chi connectivity index (χ4n) is 2.28. The Balaban J connectivity index is 1.80. The Morgan fingerprint density at radius 3 is 2.67 bits per heavy atom. The van der Waals surface area contributed by atoms with E-state index in [4.69, 9.17) is 33.0 Å². The molecule has 1 aliphatic rings. The molecular weight excluding hydrogens is 313 g/mol. The Morgan fingerprint density at radius 1 is 1.33 bits per heavy atom. The van der Waals surface area contributed by atoms with Crippen LogP contribution in [0.3, 0.4) is 0 Å². The molecule has 116 valence electrons. The number of benzene rings is 1. The van der Waals surface area contributed by atoms with Gasteiger partial charge in [-0.1, -0.05) is 23.2 Å². The molecule has 2 rings (SSSR count). The van der Waals surface area contributed by atoms with Crippen LogP contribution >= 0.6 is 23.2 Å². The Labute approximate surface area is 134 Å². The van der Waals surface area contributed by atoms with E-state index in [-0.39, 0.29) is 31.6 Å². The van der Waals surface area contributed by atoms with Gasteiger partial charge in [0, 0.05) is 18.7 Å². The van der Waals surface area contributed by atoms with E-state index in [1.54, 1.807) is 23.1 Å². The lowest BCUT2D eigenvalue weighted by molar-refractivity contribution is -0.136. The van der Waals surface area contributed by atoms with Crippen molar-refractivity contribution in [1.29, 1.82) is 0 Å². The minimum Gasteiger partial charge on any atom is -0.493 e. The molecule has 0 heterocycles. The topological polar surface area (TPSA) is 49.8 Å². The summed E-state index contributed by atoms with van der Waals surface area (Å²) in [4.78, 5) is 13.9. The van der Waals surface area contributed by atoms with Crippen molar-refractivity contribution in [1.82, 2.24) is 4.90 Å². The van der Waals surface area contributed by atoms with E-state index < -0.39 is 0 Å². The molecule has 0 saturated heterocycles. The number of nitrogens with zero attached hydrogens (tertiary/aromatic N) is 1. The number of aliphatic hydroxyl groups excluding tert-OH is 1. The smallest absolute Gasteiger partial charge is 0.226 e. The predicted octanol–water partition coefficient (Wildman–Crippen LogP) is 3.14. The zero-order valence-corrected chi connectivity index (χ0v) is 13.2. The van der Waals surface area contributed by atoms with E-state index >= 15 is 0 Å². The number of hydrogen-bond donors (Lipinski definition) is 1. The Morgan fingerprint density at radius 2 is 2.10 bits per heavy atom. The summed E-state index contributed by atoms with van der Waals surface area (Å²) in [5, 5.41) is 9.96. The van der Waals surface area contributed by atoms with Crippen molar-refractivity contribution in [2.75, 3.05) is 19.8 Å². The molecule has 0 bridgehead atoms. The van der Waals surface area contributed by atoms with Gasteiger partial charge in [0.05, 0.1) is 29.7 Å². The summed E-state index contributed by atoms with van der Waals surface area (Å²) in [6.45, 7) is 0.678. The van der Waals surface area contributed by atoms with Gasteiger partial charge >= 0.3 is 0 Å². The lowest BCUT2D eigenvalue weighted by Crippen LogP contribution is -2.46. The Kier molecular flexibility index (Phi) is 6.15. The number of halogens is 2. The van der Waals surface area contributed by atoms with Gasteiger partial charge in [-0.25, -0.2) is 0 Å². The predicted molar refractivity (Wildman–Crippen MR) is 83.0 cm³/mol. The average molecular weight is 332 g/mol. The maximum Gasteiger partial charge on any atom is 0.226 e. The molecule has 0 aliphatic heterocycles. The average Bonchev–Trinajstić information content (AvgIpc) is 2.40. The second kappa shape index (κ2) is 7.87. The molecule has 1 aromatic carbocycles. The van der Waals surface area contributed by atoms with E-state index in [2.05, 4.69) is 0 Å². The molecule has 4 nitrogen and oxygen atoms in total. The third-order valence-electron chi connectivity index (χ3n) is 3.65. The highest BCUT2D eigenvalue weighted by atomic mass is 35.5. The van der Waals surface area contributed by atoms with Crippen LogP contribution in [-0.2, 0) is 4.79 Å². The van der Waals surface area contributed by atoms with E-state index in [1.165, 1.54) is 0 Å². The van der Waals surface area contributed by atoms with Crippen LogP contribution in [0.1, 0.15) is 25.7 Å². The maximum atomic E-state index is 12.2. The normalized spacial score (nSPS) is 14.6. The van der Waals surface area contributed by atoms with E-state index in [9.17, 15) is 4.79 Å². The fraction of sp³-hybridized carbons (Fsp3) is 0.533. The summed E-state index contributed by atoms with van der Waals surface area (Å²) in [6.07, 6.45) is 3.50. The second-order valence-corrected chi connectivity index (χ2v) is 5.88. The van der Waals surface area contributed by atoms with E-state index in [0.717, 1.165) is 19.3 Å². The first-order chi connectivity index (χ1) is 10.1. The number of aliphatic hydroxyl groups is 1. The molecule has 1 aromatic rings. The number of carbonyl (C=O) groups excluding carboxylic acids is 1. The van der Waals surface area contributed by atoms with Crippen LogP contribution in [0.5, 0.6) is 5.75 Å². The molecular formula is C15H19Cl2NO3. The van der Waals surface area contributed by atoms with Crippen LogP contribution in [0.15, 0.2) is 18.2 Å². The van der Waals surface area contributed by atoms with Crippen molar-refractivity contribution < 1.29 is 14.6 Å². The van der Waals surface area contributed by atoms with Gasteiger partial charge in [-0.2, -0.15) is 0 Å². The highest BCUT2D eigenvalue weighted by Gasteiger charge is 2.27. The van der Waals surface area contributed by atoms with E-state index in [0.29, 0.717) is 22.3 Å². The number of hydrogen-bond acceptors (Lipinski definition) is 3. The van der Waals surface area contributed by atoms with Crippen molar-refractivity contribution in [2.45, 2.75) is 31.7 Å². The summed E-state index contributed by atoms with van der Waals surface area (Å²) in [5.41, 5.74) is 0. The van der Waals surface area contributed by atoms with Gasteiger partial charge in [-0.3, -0.25) is 4.79 Å². The van der Waals surface area contributed by atoms with Crippen LogP contribution in [0.4, 0.5) is 0 Å². The minimum atomic E-state index is -0.00408. The van der Waals surface area contributed by atoms with Crippen molar-refractivity contribution in [2.24, 2.45) is 0 Å². The summed E-state index contributed by atoms with van der Waals surface area (Å²) in [5.74, 6) is 0.614. The van der Waals surface area contributed by atoms with Crippen LogP contribution in [0.2, 0.25) is 10.0 Å². The maximum absolute atomic E-state index is 12.2. The molecule has 1 N–H and O–H groups in total. The first-order valence-electron chi connectivity index (χ1n) is 7.10. The zero-order chi connectivity index (χ0) is 15.2. The number of amides is 1. The molecule has 1 aliphatic carbocycles. The molecule has 0 radical (unpaired) electrons. The molecule has 21 heavy (non-hydrogen) atoms. The van der Waals surface area contributed by atoms with Gasteiger partial charge in [0.1, 0.15) is 5.75 Å². The summed E-state index contributed by atoms with van der Waals surface area (Å²) < 4.78 is 5.52. The molecule has 0 atom stereocenters. The van der Waals surface area contributed by atoms with Crippen LogP contribution < -0.4 is 4.74 Å². The third kappa shape index (κ3) is 4.50. The third-order valence-corrected chi connectivity index (χ3v) is 4.39. The first-order valence-corrected chi connectivity index (χ1v) is 7.85. The number of ether oxygens (including phenoxy) is 1. The number of rotatable bonds is 7. The highest BCUT2D eigenvalue weighted by molar-refractivity contribution is 6.42. The van der Waals surface area contributed by atoms with Gasteiger partial charge in [-0.15, -0.1) is 0 Å². The van der Waals surface area contributed by atoms with Gasteiger partial charge in [0.2, 0.25) is 5.91 Å². The van der Waals surface area contributed by atoms with Gasteiger partial charge in [0.25, 0.3) is 0 Å². The molecule has 0 unspecified atom stereocenters. The zero-order valence-electron chi connectivity index (χ0n) is 11.7. The molecule has 1 amide bonds. The lowest BCUT2D eigenvalue weighted by atomic mass is 9.91. The van der Waals surface area contributed by atoms with Crippen molar-refractivity contribution in [3.63, 3.8) is 0 Å². The summed E-state index contributed by atoms with van der Waals surface area (Å²) in [6, 6.07) is 5.30. The van der Waals surface area contributed by atoms with Crippen molar-refractivity contribution in [3.8, 4) is 5.75 Å². The quantitative estimate of drug-likeness (QED) is 0.835. The molecule has 1 saturated carbocycles. The molecule has 6 heteroatoms. The van der Waals surface area contributed by atoms with Crippen LogP contribution in [0, 0.1) is 0 Å². The van der Waals surface area contributed by atoms with Crippen molar-refractivity contribution in [3.05, 3.63) is 28.2 Å². The van der Waals surface area contributed by atoms with Gasteiger partial charge < -0.3 is 14.7 Å². The van der Waals surface area contributed by atoms with Crippen LogP contribution in [0.25, 0.3) is 0 Å². The molecule has 0 spiro atoms. The molecule has 1 fully saturated rings. The lowest BCUT2D eigenvalue weighted by Gasteiger charge is -2.37. The standard InChI is InChI=1S/C15H19Cl2NO3/c16-13-5-4-12(10-14(13)17)21-9-6-15(20)18(7-8-19)11-2-1-3-11/h4-5,10-11,19H,1-3,6-9H2. The van der Waals surface area contributed by atoms with Gasteiger partial charge in [-0.05, 0) is 31.4 Å². The fourth-order valence-corrected chi connectivity index (χ4v) is 2.57. The largest absolute Gasteiger partial charge is 0.493 e.